The molecule has 8 nitrogen and oxygen atoms in total. The number of nitrogens with two attached hydrogens (primary N) is 1. The van der Waals surface area contributed by atoms with Gasteiger partial charge in [-0.05, 0) is 63.0 Å². The van der Waals surface area contributed by atoms with Crippen LogP contribution in [-0.4, -0.2) is 29.8 Å². The SMILES string of the molecule is CC(=O)Nc1sc2c(c1C(=O)OC(C)C(=O)Nc1sc3c(c1C(N)=O)CCC3)CCCC2. The van der Waals surface area contributed by atoms with Crippen molar-refractivity contribution in [1.82, 2.24) is 0 Å². The van der Waals surface area contributed by atoms with Crippen molar-refractivity contribution >= 4 is 56.4 Å². The third-order valence-electron chi connectivity index (χ3n) is 5.72. The largest absolute Gasteiger partial charge is 0.449 e. The third-order valence-corrected chi connectivity index (χ3v) is 8.14. The maximum Gasteiger partial charge on any atom is 0.342 e. The molecule has 170 valence electrons. The van der Waals surface area contributed by atoms with Gasteiger partial charge in [0.1, 0.15) is 10.0 Å². The number of hydrogen-bond acceptors (Lipinski definition) is 7. The first-order valence-electron chi connectivity index (χ1n) is 10.6. The summed E-state index contributed by atoms with van der Waals surface area (Å²) in [7, 11) is 0. The third kappa shape index (κ3) is 4.29. The highest BCUT2D eigenvalue weighted by atomic mass is 32.1. The van der Waals surface area contributed by atoms with Gasteiger partial charge in [-0.1, -0.05) is 0 Å². The van der Waals surface area contributed by atoms with Crippen LogP contribution in [0.25, 0.3) is 0 Å². The first kappa shape index (κ1) is 22.5. The molecule has 2 aromatic rings. The number of rotatable bonds is 6. The van der Waals surface area contributed by atoms with Gasteiger partial charge in [0.05, 0.1) is 11.1 Å². The van der Waals surface area contributed by atoms with Crippen LogP contribution < -0.4 is 16.4 Å². The summed E-state index contributed by atoms with van der Waals surface area (Å²) in [5, 5.41) is 6.31. The molecule has 2 aliphatic carbocycles. The van der Waals surface area contributed by atoms with Crippen molar-refractivity contribution < 1.29 is 23.9 Å². The molecular weight excluding hydrogens is 450 g/mol. The summed E-state index contributed by atoms with van der Waals surface area (Å²) >= 11 is 2.74. The monoisotopic (exact) mass is 475 g/mol. The minimum Gasteiger partial charge on any atom is -0.449 e. The predicted molar refractivity (Wildman–Crippen MR) is 124 cm³/mol. The van der Waals surface area contributed by atoms with Gasteiger partial charge in [-0.15, -0.1) is 22.7 Å². The maximum atomic E-state index is 13.0. The van der Waals surface area contributed by atoms with Gasteiger partial charge in [0.25, 0.3) is 11.8 Å². The molecule has 32 heavy (non-hydrogen) atoms. The average molecular weight is 476 g/mol. The fraction of sp³-hybridized carbons (Fsp3) is 0.455. The number of fused-ring (bicyclic) bond motifs is 2. The Hall–Kier alpha value is -2.72. The maximum absolute atomic E-state index is 13.0. The normalized spacial score (nSPS) is 15.4. The molecule has 1 atom stereocenters. The van der Waals surface area contributed by atoms with E-state index in [-0.39, 0.29) is 5.91 Å². The number of amides is 3. The van der Waals surface area contributed by atoms with Crippen molar-refractivity contribution in [3.63, 3.8) is 0 Å². The van der Waals surface area contributed by atoms with Crippen LogP contribution in [-0.2, 0) is 40.0 Å². The molecule has 2 aromatic heterocycles. The Morgan fingerprint density at radius 3 is 2.09 bits per heavy atom. The first-order chi connectivity index (χ1) is 15.3. The number of primary amides is 1. The van der Waals surface area contributed by atoms with Gasteiger partial charge in [0.2, 0.25) is 5.91 Å². The topological polar surface area (TPSA) is 128 Å². The fourth-order valence-corrected chi connectivity index (χ4v) is 6.89. The van der Waals surface area contributed by atoms with E-state index in [4.69, 9.17) is 10.5 Å². The summed E-state index contributed by atoms with van der Waals surface area (Å²) in [6.45, 7) is 2.87. The first-order valence-corrected chi connectivity index (χ1v) is 12.3. The Morgan fingerprint density at radius 2 is 1.44 bits per heavy atom. The number of esters is 1. The van der Waals surface area contributed by atoms with Crippen LogP contribution in [0.1, 0.15) is 74.7 Å². The van der Waals surface area contributed by atoms with Gasteiger partial charge in [0.15, 0.2) is 6.10 Å². The molecule has 2 heterocycles. The minimum atomic E-state index is -1.09. The Morgan fingerprint density at radius 1 is 0.875 bits per heavy atom. The standard InChI is InChI=1S/C22H25N3O5S2/c1-10(19(28)25-20-16(18(23)27)12-7-5-9-15(12)31-20)30-22(29)17-13-6-3-4-8-14(13)32-21(17)24-11(2)26/h10H,3-9H2,1-2H3,(H2,23,27)(H,24,26)(H,25,28). The Labute approximate surface area is 193 Å². The number of carbonyl (C=O) groups excluding carboxylic acids is 4. The summed E-state index contributed by atoms with van der Waals surface area (Å²) in [5.41, 5.74) is 8.05. The number of nitrogens with one attached hydrogen (secondary N) is 2. The van der Waals surface area contributed by atoms with Crippen LogP contribution in [0.3, 0.4) is 0 Å². The molecule has 0 spiro atoms. The van der Waals surface area contributed by atoms with Gasteiger partial charge in [0, 0.05) is 16.7 Å². The molecule has 0 radical (unpaired) electrons. The van der Waals surface area contributed by atoms with Gasteiger partial charge in [-0.2, -0.15) is 0 Å². The Bertz CT molecular complexity index is 1120. The van der Waals surface area contributed by atoms with Crippen LogP contribution in [0.15, 0.2) is 0 Å². The summed E-state index contributed by atoms with van der Waals surface area (Å²) in [6, 6.07) is 0. The highest BCUT2D eigenvalue weighted by molar-refractivity contribution is 7.17. The number of carbonyl (C=O) groups is 4. The van der Waals surface area contributed by atoms with Crippen molar-refractivity contribution in [3.8, 4) is 0 Å². The molecule has 1 unspecified atom stereocenters. The number of ether oxygens (including phenoxy) is 1. The van der Waals surface area contributed by atoms with E-state index in [1.807, 2.05) is 0 Å². The van der Waals surface area contributed by atoms with Crippen LogP contribution in [0.5, 0.6) is 0 Å². The molecule has 4 rings (SSSR count). The molecule has 2 aliphatic rings. The van der Waals surface area contributed by atoms with Crippen LogP contribution >= 0.6 is 22.7 Å². The van der Waals surface area contributed by atoms with Crippen molar-refractivity contribution in [2.45, 2.75) is 64.9 Å². The summed E-state index contributed by atoms with van der Waals surface area (Å²) < 4.78 is 5.49. The molecule has 4 N–H and O–H groups in total. The lowest BCUT2D eigenvalue weighted by Crippen LogP contribution is -2.31. The lowest BCUT2D eigenvalue weighted by atomic mass is 9.95. The second kappa shape index (κ2) is 9.03. The number of aryl methyl sites for hydroxylation is 2. The molecule has 0 saturated heterocycles. The quantitative estimate of drug-likeness (QED) is 0.552. The zero-order valence-electron chi connectivity index (χ0n) is 18.0. The van der Waals surface area contributed by atoms with E-state index in [1.165, 1.54) is 36.5 Å². The highest BCUT2D eigenvalue weighted by Crippen LogP contribution is 2.40. The molecule has 0 bridgehead atoms. The minimum absolute atomic E-state index is 0.270. The van der Waals surface area contributed by atoms with Gasteiger partial charge in [-0.25, -0.2) is 4.79 Å². The van der Waals surface area contributed by atoms with Crippen LogP contribution in [0.2, 0.25) is 0 Å². The second-order valence-corrected chi connectivity index (χ2v) is 10.3. The predicted octanol–water partition coefficient (Wildman–Crippen LogP) is 3.42. The van der Waals surface area contributed by atoms with Crippen molar-refractivity contribution in [2.24, 2.45) is 5.73 Å². The van der Waals surface area contributed by atoms with Crippen LogP contribution in [0.4, 0.5) is 10.0 Å². The van der Waals surface area contributed by atoms with Crippen molar-refractivity contribution in [2.75, 3.05) is 10.6 Å². The Balaban J connectivity index is 1.51. The van der Waals surface area contributed by atoms with Crippen molar-refractivity contribution in [1.29, 1.82) is 0 Å². The number of anilines is 2. The van der Waals surface area contributed by atoms with E-state index in [0.29, 0.717) is 21.1 Å². The zero-order chi connectivity index (χ0) is 23.0. The van der Waals surface area contributed by atoms with E-state index in [1.54, 1.807) is 0 Å². The van der Waals surface area contributed by atoms with Crippen molar-refractivity contribution in [3.05, 3.63) is 32.0 Å². The molecule has 0 fully saturated rings. The van der Waals surface area contributed by atoms with E-state index in [9.17, 15) is 19.2 Å². The highest BCUT2D eigenvalue weighted by Gasteiger charge is 2.31. The molecular formula is C22H25N3O5S2. The molecule has 0 aromatic carbocycles. The number of thiophene rings is 2. The Kier molecular flexibility index (Phi) is 6.34. The van der Waals surface area contributed by atoms with E-state index in [2.05, 4.69) is 10.6 Å². The summed E-state index contributed by atoms with van der Waals surface area (Å²) in [4.78, 5) is 51.5. The number of hydrogen-bond donors (Lipinski definition) is 3. The molecule has 10 heteroatoms. The zero-order valence-corrected chi connectivity index (χ0v) is 19.6. The second-order valence-electron chi connectivity index (χ2n) is 8.06. The molecule has 3 amide bonds. The molecule has 0 aliphatic heterocycles. The average Bonchev–Trinajstić information content (AvgIpc) is 3.38. The van der Waals surface area contributed by atoms with Gasteiger partial charge in [-0.3, -0.25) is 14.4 Å². The summed E-state index contributed by atoms with van der Waals surface area (Å²) in [6.07, 6.45) is 5.07. The van der Waals surface area contributed by atoms with Crippen LogP contribution in [0, 0.1) is 0 Å². The van der Waals surface area contributed by atoms with E-state index in [0.717, 1.165) is 65.8 Å². The van der Waals surface area contributed by atoms with Gasteiger partial charge < -0.3 is 21.1 Å². The fourth-order valence-electron chi connectivity index (χ4n) is 4.27. The summed E-state index contributed by atoms with van der Waals surface area (Å²) in [5.74, 6) is -2.02. The smallest absolute Gasteiger partial charge is 0.342 e. The van der Waals surface area contributed by atoms with Gasteiger partial charge >= 0.3 is 5.97 Å². The lowest BCUT2D eigenvalue weighted by molar-refractivity contribution is -0.123. The van der Waals surface area contributed by atoms with E-state index < -0.39 is 23.9 Å². The lowest BCUT2D eigenvalue weighted by Gasteiger charge is -2.16. The molecule has 0 saturated carbocycles. The van der Waals surface area contributed by atoms with E-state index >= 15 is 0 Å².